The lowest BCUT2D eigenvalue weighted by Crippen LogP contribution is -2.20. The minimum Gasteiger partial charge on any atom is -0.423 e. The predicted molar refractivity (Wildman–Crippen MR) is 92.1 cm³/mol. The van der Waals surface area contributed by atoms with Crippen molar-refractivity contribution in [2.24, 2.45) is 5.73 Å². The van der Waals surface area contributed by atoms with E-state index in [9.17, 15) is 14.4 Å². The number of primary amides is 1. The Morgan fingerprint density at radius 2 is 1.80 bits per heavy atom. The lowest BCUT2D eigenvalue weighted by atomic mass is 10.2. The normalized spacial score (nSPS) is 10.9. The van der Waals surface area contributed by atoms with Gasteiger partial charge in [-0.15, -0.1) is 0 Å². The highest BCUT2D eigenvalue weighted by Crippen LogP contribution is 2.20. The molecule has 1 heterocycles. The fourth-order valence-corrected chi connectivity index (χ4v) is 2.21. The van der Waals surface area contributed by atoms with Crippen LogP contribution in [0.1, 0.15) is 15.9 Å². The fraction of sp³-hybridized carbons (Fsp3) is 0. The lowest BCUT2D eigenvalue weighted by Gasteiger charge is -2.03. The third kappa shape index (κ3) is 3.81. The summed E-state index contributed by atoms with van der Waals surface area (Å²) < 4.78 is 10.2. The monoisotopic (exact) mass is 335 g/mol. The molecular formula is C19H13NO5. The van der Waals surface area contributed by atoms with Crippen LogP contribution in [0, 0.1) is 0 Å². The van der Waals surface area contributed by atoms with E-state index in [0.29, 0.717) is 5.39 Å². The van der Waals surface area contributed by atoms with E-state index in [0.717, 1.165) is 5.56 Å². The summed E-state index contributed by atoms with van der Waals surface area (Å²) in [6, 6.07) is 15.1. The Labute approximate surface area is 142 Å². The maximum absolute atomic E-state index is 11.9. The van der Waals surface area contributed by atoms with E-state index in [1.165, 1.54) is 24.3 Å². The smallest absolute Gasteiger partial charge is 0.349 e. The quantitative estimate of drug-likeness (QED) is 0.342. The molecule has 2 N–H and O–H groups in total. The van der Waals surface area contributed by atoms with Crippen molar-refractivity contribution in [1.82, 2.24) is 0 Å². The number of rotatable bonds is 4. The summed E-state index contributed by atoms with van der Waals surface area (Å²) in [4.78, 5) is 34.7. The highest BCUT2D eigenvalue weighted by atomic mass is 16.5. The molecule has 0 radical (unpaired) electrons. The number of carbonyl (C=O) groups excluding carboxylic acids is 2. The summed E-state index contributed by atoms with van der Waals surface area (Å²) in [7, 11) is 0. The molecule has 2 aromatic carbocycles. The fourth-order valence-electron chi connectivity index (χ4n) is 2.21. The predicted octanol–water partition coefficient (Wildman–Crippen LogP) is 2.51. The lowest BCUT2D eigenvalue weighted by molar-refractivity contribution is -0.128. The number of nitrogens with two attached hydrogens (primary N) is 1. The zero-order valence-electron chi connectivity index (χ0n) is 13.0. The molecule has 0 aliphatic heterocycles. The van der Waals surface area contributed by atoms with Gasteiger partial charge in [0.1, 0.15) is 16.9 Å². The second kappa shape index (κ2) is 6.84. The Bertz CT molecular complexity index is 1030. The molecule has 0 fully saturated rings. The van der Waals surface area contributed by atoms with E-state index < -0.39 is 17.5 Å². The van der Waals surface area contributed by atoms with Gasteiger partial charge < -0.3 is 14.9 Å². The minimum absolute atomic E-state index is 0.187. The van der Waals surface area contributed by atoms with Gasteiger partial charge in [-0.2, -0.15) is 0 Å². The third-order valence-corrected chi connectivity index (χ3v) is 3.40. The van der Waals surface area contributed by atoms with Crippen LogP contribution in [0.4, 0.5) is 0 Å². The first-order valence-corrected chi connectivity index (χ1v) is 7.35. The van der Waals surface area contributed by atoms with Crippen molar-refractivity contribution < 1.29 is 18.7 Å². The summed E-state index contributed by atoms with van der Waals surface area (Å²) >= 11 is 0. The maximum atomic E-state index is 11.9. The van der Waals surface area contributed by atoms with E-state index in [-0.39, 0.29) is 16.9 Å². The summed E-state index contributed by atoms with van der Waals surface area (Å²) in [5.41, 5.74) is 5.08. The Kier molecular flexibility index (Phi) is 4.43. The molecule has 0 unspecified atom stereocenters. The average molecular weight is 335 g/mol. The zero-order chi connectivity index (χ0) is 17.8. The molecule has 0 atom stereocenters. The molecule has 0 spiro atoms. The summed E-state index contributed by atoms with van der Waals surface area (Å²) in [5.74, 6) is -1.22. The SMILES string of the molecule is NC(=O)c1cc2ccc(OC(=O)C=Cc3ccccc3)cc2oc1=O. The highest BCUT2D eigenvalue weighted by Gasteiger charge is 2.11. The van der Waals surface area contributed by atoms with Crippen LogP contribution < -0.4 is 16.1 Å². The summed E-state index contributed by atoms with van der Waals surface area (Å²) in [6.45, 7) is 0. The molecule has 3 aromatic rings. The molecule has 1 aromatic heterocycles. The van der Waals surface area contributed by atoms with Gasteiger partial charge in [-0.05, 0) is 29.8 Å². The van der Waals surface area contributed by atoms with Crippen molar-refractivity contribution >= 4 is 28.9 Å². The summed E-state index contributed by atoms with van der Waals surface area (Å²) in [6.07, 6.45) is 2.93. The Morgan fingerprint density at radius 3 is 2.52 bits per heavy atom. The molecule has 0 aliphatic rings. The van der Waals surface area contributed by atoms with E-state index in [1.807, 2.05) is 30.3 Å². The van der Waals surface area contributed by atoms with E-state index in [1.54, 1.807) is 12.1 Å². The van der Waals surface area contributed by atoms with Gasteiger partial charge in [0.2, 0.25) is 0 Å². The Hall–Kier alpha value is -3.67. The molecule has 6 nitrogen and oxygen atoms in total. The first kappa shape index (κ1) is 16.2. The molecule has 0 saturated heterocycles. The zero-order valence-corrected chi connectivity index (χ0v) is 13.0. The van der Waals surface area contributed by atoms with Gasteiger partial charge in [0.15, 0.2) is 0 Å². The van der Waals surface area contributed by atoms with Crippen molar-refractivity contribution in [3.8, 4) is 5.75 Å². The van der Waals surface area contributed by atoms with Gasteiger partial charge in [0, 0.05) is 17.5 Å². The van der Waals surface area contributed by atoms with Crippen LogP contribution in [0.5, 0.6) is 5.75 Å². The highest BCUT2D eigenvalue weighted by molar-refractivity contribution is 5.95. The van der Waals surface area contributed by atoms with E-state index in [2.05, 4.69) is 0 Å². The standard InChI is InChI=1S/C19H13NO5/c20-18(22)15-10-13-7-8-14(11-16(13)25-19(15)23)24-17(21)9-6-12-4-2-1-3-5-12/h1-11H,(H2,20,22). The van der Waals surface area contributed by atoms with Crippen molar-refractivity contribution in [1.29, 1.82) is 0 Å². The molecule has 25 heavy (non-hydrogen) atoms. The van der Waals surface area contributed by atoms with Crippen molar-refractivity contribution in [3.63, 3.8) is 0 Å². The third-order valence-electron chi connectivity index (χ3n) is 3.40. The number of benzene rings is 2. The molecule has 6 heteroatoms. The van der Waals surface area contributed by atoms with Crippen LogP contribution in [0.3, 0.4) is 0 Å². The van der Waals surface area contributed by atoms with Gasteiger partial charge in [-0.25, -0.2) is 9.59 Å². The van der Waals surface area contributed by atoms with Crippen LogP contribution in [0.25, 0.3) is 17.0 Å². The maximum Gasteiger partial charge on any atom is 0.349 e. The molecule has 0 aliphatic carbocycles. The van der Waals surface area contributed by atoms with Gasteiger partial charge in [0.05, 0.1) is 0 Å². The first-order chi connectivity index (χ1) is 12.0. The number of amides is 1. The summed E-state index contributed by atoms with van der Waals surface area (Å²) in [5, 5.41) is 0.494. The van der Waals surface area contributed by atoms with Gasteiger partial charge in [0.25, 0.3) is 5.91 Å². The van der Waals surface area contributed by atoms with Gasteiger partial charge >= 0.3 is 11.6 Å². The van der Waals surface area contributed by atoms with Gasteiger partial charge in [-0.1, -0.05) is 30.3 Å². The van der Waals surface area contributed by atoms with Crippen molar-refractivity contribution in [2.45, 2.75) is 0 Å². The number of esters is 1. The Morgan fingerprint density at radius 1 is 1.04 bits per heavy atom. The van der Waals surface area contributed by atoms with Crippen LogP contribution in [0.2, 0.25) is 0 Å². The topological polar surface area (TPSA) is 99.6 Å². The second-order valence-corrected chi connectivity index (χ2v) is 5.18. The number of carbonyl (C=O) groups is 2. The van der Waals surface area contributed by atoms with Gasteiger partial charge in [-0.3, -0.25) is 4.79 Å². The number of hydrogen-bond donors (Lipinski definition) is 1. The molecule has 0 bridgehead atoms. The Balaban J connectivity index is 1.81. The number of ether oxygens (including phenoxy) is 1. The molecule has 3 rings (SSSR count). The second-order valence-electron chi connectivity index (χ2n) is 5.18. The average Bonchev–Trinajstić information content (AvgIpc) is 2.60. The molecular weight excluding hydrogens is 322 g/mol. The molecule has 1 amide bonds. The minimum atomic E-state index is -0.864. The van der Waals surface area contributed by atoms with Crippen molar-refractivity contribution in [3.05, 3.63) is 82.2 Å². The van der Waals surface area contributed by atoms with Crippen LogP contribution in [-0.2, 0) is 4.79 Å². The molecule has 124 valence electrons. The number of fused-ring (bicyclic) bond motifs is 1. The molecule has 0 saturated carbocycles. The van der Waals surface area contributed by atoms with E-state index in [4.69, 9.17) is 14.9 Å². The number of hydrogen-bond acceptors (Lipinski definition) is 5. The first-order valence-electron chi connectivity index (χ1n) is 7.35. The van der Waals surface area contributed by atoms with Crippen LogP contribution in [-0.4, -0.2) is 11.9 Å². The van der Waals surface area contributed by atoms with Crippen molar-refractivity contribution in [2.75, 3.05) is 0 Å². The van der Waals surface area contributed by atoms with Crippen LogP contribution >= 0.6 is 0 Å². The van der Waals surface area contributed by atoms with E-state index >= 15 is 0 Å². The largest absolute Gasteiger partial charge is 0.423 e. The van der Waals surface area contributed by atoms with Crippen LogP contribution in [0.15, 0.2) is 69.9 Å².